The number of ether oxygens (including phenoxy) is 2. The van der Waals surface area contributed by atoms with Gasteiger partial charge >= 0.3 is 0 Å². The Labute approximate surface area is 124 Å². The van der Waals surface area contributed by atoms with E-state index in [1.165, 1.54) is 12.1 Å². The molecule has 2 rings (SSSR count). The fourth-order valence-electron chi connectivity index (χ4n) is 1.98. The second kappa shape index (κ2) is 6.54. The number of halogens is 1. The lowest BCUT2D eigenvalue weighted by Gasteiger charge is -2.36. The van der Waals surface area contributed by atoms with E-state index >= 15 is 0 Å². The molecule has 0 saturated carbocycles. The summed E-state index contributed by atoms with van der Waals surface area (Å²) in [5, 5.41) is 38.9. The van der Waals surface area contributed by atoms with Gasteiger partial charge in [-0.1, -0.05) is 11.6 Å². The van der Waals surface area contributed by atoms with Gasteiger partial charge in [0, 0.05) is 18.6 Å². The van der Waals surface area contributed by atoms with E-state index in [-0.39, 0.29) is 22.9 Å². The van der Waals surface area contributed by atoms with Crippen molar-refractivity contribution in [2.45, 2.75) is 31.0 Å². The van der Waals surface area contributed by atoms with Gasteiger partial charge in [-0.3, -0.25) is 10.1 Å². The molecule has 8 nitrogen and oxygen atoms in total. The van der Waals surface area contributed by atoms with Gasteiger partial charge in [-0.25, -0.2) is 0 Å². The SMILES string of the molecule is O=[N+]([O-])c1ccc(O[C@H]2C[C@@H](O)[C@H](O)C(CO)O2)c(Cl)c1. The highest BCUT2D eigenvalue weighted by Crippen LogP contribution is 2.31. The van der Waals surface area contributed by atoms with E-state index in [2.05, 4.69) is 0 Å². The molecule has 21 heavy (non-hydrogen) atoms. The van der Waals surface area contributed by atoms with E-state index in [9.17, 15) is 20.3 Å². The van der Waals surface area contributed by atoms with Gasteiger partial charge in [-0.05, 0) is 6.07 Å². The van der Waals surface area contributed by atoms with Crippen LogP contribution in [0.2, 0.25) is 5.02 Å². The molecule has 1 aromatic rings. The lowest BCUT2D eigenvalue weighted by Crippen LogP contribution is -2.51. The first-order chi connectivity index (χ1) is 9.92. The Hall–Kier alpha value is -1.45. The van der Waals surface area contributed by atoms with E-state index in [1.54, 1.807) is 0 Å². The number of hydrogen-bond acceptors (Lipinski definition) is 7. The van der Waals surface area contributed by atoms with Crippen molar-refractivity contribution in [1.82, 2.24) is 0 Å². The topological polar surface area (TPSA) is 122 Å². The first kappa shape index (κ1) is 15.9. The van der Waals surface area contributed by atoms with Crippen molar-refractivity contribution in [3.05, 3.63) is 33.3 Å². The van der Waals surface area contributed by atoms with E-state index < -0.39 is 36.1 Å². The van der Waals surface area contributed by atoms with Crippen LogP contribution in [0, 0.1) is 10.1 Å². The molecule has 1 fully saturated rings. The smallest absolute Gasteiger partial charge is 0.271 e. The quantitative estimate of drug-likeness (QED) is 0.544. The third-order valence-corrected chi connectivity index (χ3v) is 3.40. The molecule has 1 aromatic carbocycles. The normalized spacial score (nSPS) is 29.1. The molecule has 0 radical (unpaired) electrons. The molecule has 3 N–H and O–H groups in total. The maximum absolute atomic E-state index is 10.6. The molecule has 1 aliphatic heterocycles. The first-order valence-electron chi connectivity index (χ1n) is 6.15. The minimum Gasteiger partial charge on any atom is -0.463 e. The van der Waals surface area contributed by atoms with Gasteiger partial charge in [0.15, 0.2) is 0 Å². The summed E-state index contributed by atoms with van der Waals surface area (Å²) >= 11 is 5.88. The first-order valence-corrected chi connectivity index (χ1v) is 6.53. The summed E-state index contributed by atoms with van der Waals surface area (Å²) in [6.45, 7) is -0.480. The molecule has 0 aliphatic carbocycles. The zero-order chi connectivity index (χ0) is 15.6. The molecule has 1 aliphatic rings. The summed E-state index contributed by atoms with van der Waals surface area (Å²) in [5.74, 6) is 0.146. The Morgan fingerprint density at radius 1 is 1.48 bits per heavy atom. The average Bonchev–Trinajstić information content (AvgIpc) is 2.44. The molecular formula is C12H14ClNO7. The van der Waals surface area contributed by atoms with E-state index in [0.29, 0.717) is 0 Å². The molecule has 1 heterocycles. The molecule has 0 amide bonds. The van der Waals surface area contributed by atoms with Crippen LogP contribution in [0.5, 0.6) is 5.75 Å². The number of nitro benzene ring substituents is 1. The van der Waals surface area contributed by atoms with Gasteiger partial charge in [-0.15, -0.1) is 0 Å². The van der Waals surface area contributed by atoms with Crippen molar-refractivity contribution in [3.63, 3.8) is 0 Å². The largest absolute Gasteiger partial charge is 0.463 e. The summed E-state index contributed by atoms with van der Waals surface area (Å²) in [4.78, 5) is 10.0. The average molecular weight is 320 g/mol. The second-order valence-electron chi connectivity index (χ2n) is 4.57. The molecular weight excluding hydrogens is 306 g/mol. The monoisotopic (exact) mass is 319 g/mol. The van der Waals surface area contributed by atoms with Crippen LogP contribution in [0.25, 0.3) is 0 Å². The highest BCUT2D eigenvalue weighted by atomic mass is 35.5. The number of aliphatic hydroxyl groups excluding tert-OH is 3. The fourth-order valence-corrected chi connectivity index (χ4v) is 2.20. The zero-order valence-corrected chi connectivity index (χ0v) is 11.5. The van der Waals surface area contributed by atoms with Gasteiger partial charge in [0.25, 0.3) is 5.69 Å². The van der Waals surface area contributed by atoms with E-state index in [0.717, 1.165) is 6.07 Å². The van der Waals surface area contributed by atoms with Crippen molar-refractivity contribution in [3.8, 4) is 5.75 Å². The summed E-state index contributed by atoms with van der Waals surface area (Å²) in [6.07, 6.45) is -4.25. The van der Waals surface area contributed by atoms with Crippen LogP contribution in [0.15, 0.2) is 18.2 Å². The van der Waals surface area contributed by atoms with Crippen LogP contribution < -0.4 is 4.74 Å². The predicted molar refractivity (Wildman–Crippen MR) is 71.1 cm³/mol. The maximum atomic E-state index is 10.6. The molecule has 1 unspecified atom stereocenters. The lowest BCUT2D eigenvalue weighted by molar-refractivity contribution is -0.384. The van der Waals surface area contributed by atoms with E-state index in [1.807, 2.05) is 0 Å². The number of benzene rings is 1. The van der Waals surface area contributed by atoms with Crippen molar-refractivity contribution in [2.75, 3.05) is 6.61 Å². The number of hydrogen-bond donors (Lipinski definition) is 3. The minimum atomic E-state index is -1.21. The summed E-state index contributed by atoms with van der Waals surface area (Å²) in [6, 6.07) is 3.67. The Morgan fingerprint density at radius 2 is 2.19 bits per heavy atom. The maximum Gasteiger partial charge on any atom is 0.271 e. The molecule has 0 aromatic heterocycles. The number of nitro groups is 1. The summed E-state index contributed by atoms with van der Waals surface area (Å²) in [7, 11) is 0. The third-order valence-electron chi connectivity index (χ3n) is 3.10. The summed E-state index contributed by atoms with van der Waals surface area (Å²) < 4.78 is 10.7. The van der Waals surface area contributed by atoms with Crippen LogP contribution in [0.4, 0.5) is 5.69 Å². The summed E-state index contributed by atoms with van der Waals surface area (Å²) in [5.41, 5.74) is -0.180. The second-order valence-corrected chi connectivity index (χ2v) is 4.98. The standard InChI is InChI=1S/C12H14ClNO7/c13-7-3-6(14(18)19)1-2-9(7)20-11-4-8(16)12(17)10(5-15)21-11/h1-3,8,10-12,15-17H,4-5H2/t8-,10?,11-,12+/m1/s1. The predicted octanol–water partition coefficient (Wildman–Crippen LogP) is 0.456. The molecule has 116 valence electrons. The minimum absolute atomic E-state index is 0.0222. The van der Waals surface area contributed by atoms with Crippen LogP contribution in [0.3, 0.4) is 0 Å². The van der Waals surface area contributed by atoms with Crippen molar-refractivity contribution in [2.24, 2.45) is 0 Å². The van der Waals surface area contributed by atoms with E-state index in [4.69, 9.17) is 26.2 Å². The Bertz CT molecular complexity index is 526. The Balaban J connectivity index is 2.09. The fraction of sp³-hybridized carbons (Fsp3) is 0.500. The molecule has 9 heteroatoms. The molecule has 0 bridgehead atoms. The van der Waals surface area contributed by atoms with Crippen LogP contribution in [-0.2, 0) is 4.74 Å². The molecule has 4 atom stereocenters. The van der Waals surface area contributed by atoms with Crippen LogP contribution in [0.1, 0.15) is 6.42 Å². The van der Waals surface area contributed by atoms with Gasteiger partial charge in [0.05, 0.1) is 22.7 Å². The van der Waals surface area contributed by atoms with Gasteiger partial charge in [0.2, 0.25) is 6.29 Å². The van der Waals surface area contributed by atoms with Crippen molar-refractivity contribution in [1.29, 1.82) is 0 Å². The Morgan fingerprint density at radius 3 is 2.76 bits per heavy atom. The highest BCUT2D eigenvalue weighted by Gasteiger charge is 2.37. The molecule has 0 spiro atoms. The van der Waals surface area contributed by atoms with Crippen LogP contribution in [-0.4, -0.2) is 51.5 Å². The van der Waals surface area contributed by atoms with Gasteiger partial charge in [0.1, 0.15) is 18.0 Å². The number of nitrogens with zero attached hydrogens (tertiary/aromatic N) is 1. The molecule has 1 saturated heterocycles. The highest BCUT2D eigenvalue weighted by molar-refractivity contribution is 6.32. The van der Waals surface area contributed by atoms with Crippen LogP contribution >= 0.6 is 11.6 Å². The third kappa shape index (κ3) is 3.60. The Kier molecular flexibility index (Phi) is 4.96. The van der Waals surface area contributed by atoms with Crippen molar-refractivity contribution < 1.29 is 29.7 Å². The van der Waals surface area contributed by atoms with Crippen molar-refractivity contribution >= 4 is 17.3 Å². The number of rotatable bonds is 4. The number of aliphatic hydroxyl groups is 3. The van der Waals surface area contributed by atoms with Gasteiger partial charge in [-0.2, -0.15) is 0 Å². The number of non-ortho nitro benzene ring substituents is 1. The zero-order valence-electron chi connectivity index (χ0n) is 10.8. The lowest BCUT2D eigenvalue weighted by atomic mass is 10.0. The van der Waals surface area contributed by atoms with Gasteiger partial charge < -0.3 is 24.8 Å².